The summed E-state index contributed by atoms with van der Waals surface area (Å²) >= 11 is 0. The lowest BCUT2D eigenvalue weighted by atomic mass is 10.1. The Morgan fingerprint density at radius 2 is 2.06 bits per heavy atom. The minimum Gasteiger partial charge on any atom is -0.449 e. The summed E-state index contributed by atoms with van der Waals surface area (Å²) in [4.78, 5) is 32.4. The van der Waals surface area contributed by atoms with E-state index in [9.17, 15) is 19.7 Å². The number of nitrogens with zero attached hydrogens (tertiary/aromatic N) is 1. The summed E-state index contributed by atoms with van der Waals surface area (Å²) in [6, 6.07) is 3.92. The molecule has 1 atom stereocenters. The molecule has 0 heterocycles. The summed E-state index contributed by atoms with van der Waals surface area (Å²) < 4.78 is 4.74. The standard InChI is InChI=1S/C11H12N2O5/c1-6-3-4-8(5-9(6)13(16)17)11(15)18-7(2)10(12)14/h3-5,7H,1-2H3,(H2,12,14)/t7-/m1/s1. The lowest BCUT2D eigenvalue weighted by molar-refractivity contribution is -0.385. The zero-order valence-corrected chi connectivity index (χ0v) is 9.88. The van der Waals surface area contributed by atoms with Gasteiger partial charge in [0.25, 0.3) is 11.6 Å². The number of esters is 1. The molecule has 0 aliphatic carbocycles. The minimum atomic E-state index is -1.09. The van der Waals surface area contributed by atoms with Crippen LogP contribution in [0.5, 0.6) is 0 Å². The third-order valence-corrected chi connectivity index (χ3v) is 2.33. The molecule has 0 spiro atoms. The van der Waals surface area contributed by atoms with Gasteiger partial charge in [-0.2, -0.15) is 0 Å². The molecule has 1 rings (SSSR count). The fraction of sp³-hybridized carbons (Fsp3) is 0.273. The van der Waals surface area contributed by atoms with Gasteiger partial charge in [0.1, 0.15) is 0 Å². The molecule has 7 heteroatoms. The maximum atomic E-state index is 11.6. The zero-order valence-electron chi connectivity index (χ0n) is 9.88. The van der Waals surface area contributed by atoms with E-state index in [1.165, 1.54) is 19.1 Å². The third-order valence-electron chi connectivity index (χ3n) is 2.33. The topological polar surface area (TPSA) is 113 Å². The van der Waals surface area contributed by atoms with Gasteiger partial charge in [0.15, 0.2) is 6.10 Å². The van der Waals surface area contributed by atoms with Gasteiger partial charge in [-0.15, -0.1) is 0 Å². The predicted octanol–water partition coefficient (Wildman–Crippen LogP) is 0.934. The number of carbonyl (C=O) groups excluding carboxylic acids is 2. The van der Waals surface area contributed by atoms with Gasteiger partial charge in [-0.3, -0.25) is 14.9 Å². The molecule has 0 radical (unpaired) electrons. The van der Waals surface area contributed by atoms with Crippen LogP contribution in [0.25, 0.3) is 0 Å². The van der Waals surface area contributed by atoms with Gasteiger partial charge >= 0.3 is 5.97 Å². The van der Waals surface area contributed by atoms with Crippen LogP contribution in [0.15, 0.2) is 18.2 Å². The third kappa shape index (κ3) is 3.03. The fourth-order valence-corrected chi connectivity index (χ4v) is 1.22. The van der Waals surface area contributed by atoms with E-state index in [1.54, 1.807) is 6.92 Å². The van der Waals surface area contributed by atoms with Crippen molar-refractivity contribution in [2.45, 2.75) is 20.0 Å². The Balaban J connectivity index is 2.97. The second-order valence-corrected chi connectivity index (χ2v) is 3.71. The van der Waals surface area contributed by atoms with Crippen molar-refractivity contribution >= 4 is 17.6 Å². The number of amides is 1. The molecule has 1 aromatic rings. The van der Waals surface area contributed by atoms with Gasteiger partial charge in [0.2, 0.25) is 0 Å². The van der Waals surface area contributed by atoms with E-state index in [2.05, 4.69) is 0 Å². The first-order chi connectivity index (χ1) is 8.32. The Morgan fingerprint density at radius 3 is 2.56 bits per heavy atom. The first-order valence-electron chi connectivity index (χ1n) is 5.08. The summed E-state index contributed by atoms with van der Waals surface area (Å²) in [6.07, 6.45) is -1.09. The minimum absolute atomic E-state index is 0.000370. The number of nitro benzene ring substituents is 1. The van der Waals surface area contributed by atoms with Crippen molar-refractivity contribution < 1.29 is 19.2 Å². The number of ether oxygens (including phenoxy) is 1. The fourth-order valence-electron chi connectivity index (χ4n) is 1.22. The number of carbonyl (C=O) groups is 2. The highest BCUT2D eigenvalue weighted by Gasteiger charge is 2.19. The number of hydrogen-bond acceptors (Lipinski definition) is 5. The average molecular weight is 252 g/mol. The van der Waals surface area contributed by atoms with E-state index in [0.29, 0.717) is 5.56 Å². The smallest absolute Gasteiger partial charge is 0.339 e. The van der Waals surface area contributed by atoms with Crippen LogP contribution in [0, 0.1) is 17.0 Å². The van der Waals surface area contributed by atoms with E-state index in [4.69, 9.17) is 10.5 Å². The SMILES string of the molecule is Cc1ccc(C(=O)O[C@H](C)C(N)=O)cc1[N+](=O)[O-]. The molecule has 0 unspecified atom stereocenters. The lowest BCUT2D eigenvalue weighted by Crippen LogP contribution is -2.30. The Labute approximate surface area is 103 Å². The van der Waals surface area contributed by atoms with Crippen LogP contribution in [0.4, 0.5) is 5.69 Å². The first kappa shape index (κ1) is 13.6. The van der Waals surface area contributed by atoms with E-state index in [0.717, 1.165) is 6.07 Å². The van der Waals surface area contributed by atoms with Crippen molar-refractivity contribution in [2.75, 3.05) is 0 Å². The number of rotatable bonds is 4. The number of hydrogen-bond donors (Lipinski definition) is 1. The highest BCUT2D eigenvalue weighted by molar-refractivity contribution is 5.92. The lowest BCUT2D eigenvalue weighted by Gasteiger charge is -2.09. The van der Waals surface area contributed by atoms with Gasteiger partial charge in [-0.25, -0.2) is 4.79 Å². The Bertz CT molecular complexity index is 512. The summed E-state index contributed by atoms with van der Waals surface area (Å²) in [5.74, 6) is -1.62. The molecular formula is C11H12N2O5. The molecule has 0 aliphatic rings. The monoisotopic (exact) mass is 252 g/mol. The van der Waals surface area contributed by atoms with Crippen molar-refractivity contribution in [3.8, 4) is 0 Å². The van der Waals surface area contributed by atoms with Crippen molar-refractivity contribution in [2.24, 2.45) is 5.73 Å². The quantitative estimate of drug-likeness (QED) is 0.486. The van der Waals surface area contributed by atoms with Crippen LogP contribution >= 0.6 is 0 Å². The molecule has 1 aromatic carbocycles. The summed E-state index contributed by atoms with van der Waals surface area (Å²) in [7, 11) is 0. The Kier molecular flexibility index (Phi) is 3.98. The number of benzene rings is 1. The predicted molar refractivity (Wildman–Crippen MR) is 61.9 cm³/mol. The van der Waals surface area contributed by atoms with Gasteiger partial charge in [-0.1, -0.05) is 6.07 Å². The largest absolute Gasteiger partial charge is 0.449 e. The van der Waals surface area contributed by atoms with E-state index in [1.807, 2.05) is 0 Å². The van der Waals surface area contributed by atoms with Crippen LogP contribution in [0.2, 0.25) is 0 Å². The first-order valence-corrected chi connectivity index (χ1v) is 5.08. The molecular weight excluding hydrogens is 240 g/mol. The van der Waals surface area contributed by atoms with Gasteiger partial charge in [0, 0.05) is 11.6 Å². The number of primary amides is 1. The van der Waals surface area contributed by atoms with Crippen molar-refractivity contribution in [3.05, 3.63) is 39.4 Å². The molecule has 0 saturated heterocycles. The number of nitro groups is 1. The average Bonchev–Trinajstić information content (AvgIpc) is 2.28. The maximum absolute atomic E-state index is 11.6. The zero-order chi connectivity index (χ0) is 13.9. The Hall–Kier alpha value is -2.44. The molecule has 0 fully saturated rings. The van der Waals surface area contributed by atoms with Crippen molar-refractivity contribution in [1.82, 2.24) is 0 Å². The second-order valence-electron chi connectivity index (χ2n) is 3.71. The molecule has 96 valence electrons. The van der Waals surface area contributed by atoms with Gasteiger partial charge in [-0.05, 0) is 19.9 Å². The van der Waals surface area contributed by atoms with Crippen LogP contribution in [-0.2, 0) is 9.53 Å². The summed E-state index contributed by atoms with van der Waals surface area (Å²) in [5.41, 5.74) is 5.19. The van der Waals surface area contributed by atoms with Crippen LogP contribution in [0.3, 0.4) is 0 Å². The van der Waals surface area contributed by atoms with Gasteiger partial charge in [0.05, 0.1) is 10.5 Å². The molecule has 0 aromatic heterocycles. The van der Waals surface area contributed by atoms with E-state index in [-0.39, 0.29) is 11.3 Å². The molecule has 2 N–H and O–H groups in total. The normalized spacial score (nSPS) is 11.7. The Morgan fingerprint density at radius 1 is 1.44 bits per heavy atom. The number of nitrogens with two attached hydrogens (primary N) is 1. The summed E-state index contributed by atoms with van der Waals surface area (Å²) in [5, 5.41) is 10.7. The maximum Gasteiger partial charge on any atom is 0.339 e. The highest BCUT2D eigenvalue weighted by Crippen LogP contribution is 2.19. The molecule has 7 nitrogen and oxygen atoms in total. The van der Waals surface area contributed by atoms with Crippen LogP contribution in [0.1, 0.15) is 22.8 Å². The highest BCUT2D eigenvalue weighted by atomic mass is 16.6. The molecule has 1 amide bonds. The van der Waals surface area contributed by atoms with Crippen molar-refractivity contribution in [3.63, 3.8) is 0 Å². The molecule has 0 saturated carbocycles. The van der Waals surface area contributed by atoms with Crippen molar-refractivity contribution in [1.29, 1.82) is 0 Å². The summed E-state index contributed by atoms with van der Waals surface area (Å²) in [6.45, 7) is 2.88. The second kappa shape index (κ2) is 5.26. The molecule has 0 aliphatic heterocycles. The molecule has 18 heavy (non-hydrogen) atoms. The van der Waals surface area contributed by atoms with Crippen LogP contribution < -0.4 is 5.73 Å². The van der Waals surface area contributed by atoms with Crippen LogP contribution in [-0.4, -0.2) is 22.9 Å². The molecule has 0 bridgehead atoms. The van der Waals surface area contributed by atoms with Gasteiger partial charge < -0.3 is 10.5 Å². The number of aryl methyl sites for hydroxylation is 1. The van der Waals surface area contributed by atoms with E-state index >= 15 is 0 Å². The van der Waals surface area contributed by atoms with E-state index < -0.39 is 22.9 Å².